The van der Waals surface area contributed by atoms with Crippen LogP contribution in [0.15, 0.2) is 28.2 Å². The van der Waals surface area contributed by atoms with Crippen molar-refractivity contribution in [2.24, 2.45) is 7.05 Å². The molecule has 16 heavy (non-hydrogen) atoms. The summed E-state index contributed by atoms with van der Waals surface area (Å²) in [6.07, 6.45) is 2.96. The van der Waals surface area contributed by atoms with E-state index in [1.54, 1.807) is 11.3 Å². The van der Waals surface area contributed by atoms with Gasteiger partial charge in [-0.15, -0.1) is 11.3 Å². The Labute approximate surface area is 108 Å². The molecule has 0 bridgehead atoms. The maximum atomic E-state index is 4.33. The molecule has 2 aromatic rings. The predicted octanol–water partition coefficient (Wildman–Crippen LogP) is 2.58. The van der Waals surface area contributed by atoms with Gasteiger partial charge < -0.3 is 5.32 Å². The summed E-state index contributed by atoms with van der Waals surface area (Å²) in [4.78, 5) is 1.35. The van der Waals surface area contributed by atoms with Crippen molar-refractivity contribution in [1.29, 1.82) is 0 Å². The highest BCUT2D eigenvalue weighted by atomic mass is 79.9. The van der Waals surface area contributed by atoms with Gasteiger partial charge in [0, 0.05) is 47.5 Å². The number of aryl methyl sites for hydroxylation is 1. The van der Waals surface area contributed by atoms with Gasteiger partial charge in [0.05, 0.1) is 5.69 Å². The molecule has 0 aliphatic heterocycles. The molecule has 0 aromatic carbocycles. The van der Waals surface area contributed by atoms with E-state index >= 15 is 0 Å². The van der Waals surface area contributed by atoms with Gasteiger partial charge in [0.2, 0.25) is 0 Å². The van der Waals surface area contributed by atoms with Crippen molar-refractivity contribution >= 4 is 27.3 Å². The molecule has 5 heteroatoms. The number of hydrogen-bond donors (Lipinski definition) is 1. The van der Waals surface area contributed by atoms with Crippen molar-refractivity contribution in [2.45, 2.75) is 13.0 Å². The van der Waals surface area contributed by atoms with Gasteiger partial charge in [-0.25, -0.2) is 0 Å². The fourth-order valence-corrected chi connectivity index (χ4v) is 2.89. The minimum atomic E-state index is 0.934. The Balaban J connectivity index is 1.69. The summed E-state index contributed by atoms with van der Waals surface area (Å²) in [5, 5.41) is 9.85. The molecule has 2 rings (SSSR count). The Bertz CT molecular complexity index is 407. The number of nitrogens with zero attached hydrogens (tertiary/aromatic N) is 2. The number of rotatable bonds is 5. The minimum Gasteiger partial charge on any atom is -0.311 e. The summed E-state index contributed by atoms with van der Waals surface area (Å²) in [5.74, 6) is 0. The molecule has 0 amide bonds. The van der Waals surface area contributed by atoms with Gasteiger partial charge in [0.15, 0.2) is 0 Å². The third kappa shape index (κ3) is 3.43. The maximum Gasteiger partial charge on any atom is 0.0637 e. The average molecular weight is 300 g/mol. The van der Waals surface area contributed by atoms with E-state index in [0.717, 1.165) is 25.2 Å². The van der Waals surface area contributed by atoms with Crippen LogP contribution in [0.25, 0.3) is 0 Å². The van der Waals surface area contributed by atoms with Crippen LogP contribution in [0.1, 0.15) is 10.6 Å². The molecule has 1 N–H and O–H groups in total. The molecule has 0 aliphatic rings. The van der Waals surface area contributed by atoms with E-state index in [4.69, 9.17) is 0 Å². The van der Waals surface area contributed by atoms with Gasteiger partial charge in [-0.2, -0.15) is 5.10 Å². The van der Waals surface area contributed by atoms with Crippen molar-refractivity contribution in [3.63, 3.8) is 0 Å². The van der Waals surface area contributed by atoms with Crippen molar-refractivity contribution in [3.05, 3.63) is 38.8 Å². The number of hydrogen-bond acceptors (Lipinski definition) is 3. The minimum absolute atomic E-state index is 0.934. The smallest absolute Gasteiger partial charge is 0.0637 e. The summed E-state index contributed by atoms with van der Waals surface area (Å²) in [7, 11) is 1.94. The normalized spacial score (nSPS) is 10.9. The van der Waals surface area contributed by atoms with Crippen LogP contribution in [-0.4, -0.2) is 16.3 Å². The molecule has 3 nitrogen and oxygen atoms in total. The Kier molecular flexibility index (Phi) is 4.15. The first-order valence-electron chi connectivity index (χ1n) is 5.16. The average Bonchev–Trinajstić information content (AvgIpc) is 2.83. The molecule has 0 saturated carbocycles. The van der Waals surface area contributed by atoms with Gasteiger partial charge >= 0.3 is 0 Å². The van der Waals surface area contributed by atoms with E-state index in [1.807, 2.05) is 17.9 Å². The summed E-state index contributed by atoms with van der Waals surface area (Å²) in [6.45, 7) is 1.90. The molecular weight excluding hydrogens is 286 g/mol. The largest absolute Gasteiger partial charge is 0.311 e. The molecular formula is C11H14BrN3S. The molecule has 2 aromatic heterocycles. The van der Waals surface area contributed by atoms with Crippen LogP contribution < -0.4 is 5.32 Å². The van der Waals surface area contributed by atoms with E-state index in [2.05, 4.69) is 43.9 Å². The van der Waals surface area contributed by atoms with Gasteiger partial charge in [0.25, 0.3) is 0 Å². The molecule has 2 heterocycles. The fourth-order valence-electron chi connectivity index (χ4n) is 1.47. The van der Waals surface area contributed by atoms with Crippen molar-refractivity contribution < 1.29 is 0 Å². The van der Waals surface area contributed by atoms with Crippen LogP contribution in [-0.2, 0) is 20.0 Å². The highest BCUT2D eigenvalue weighted by Gasteiger charge is 1.98. The fraction of sp³-hybridized carbons (Fsp3) is 0.364. The van der Waals surface area contributed by atoms with Crippen LogP contribution in [0.5, 0.6) is 0 Å². The third-order valence-electron chi connectivity index (χ3n) is 2.25. The summed E-state index contributed by atoms with van der Waals surface area (Å²) in [5.41, 5.74) is 1.14. The van der Waals surface area contributed by atoms with Crippen LogP contribution in [0.4, 0.5) is 0 Å². The standard InChI is InChI=1S/C11H14BrN3S/c1-15-5-3-10(14-15)2-4-13-7-11-6-9(12)8-16-11/h3,5-6,8,13H,2,4,7H2,1H3. The Morgan fingerprint density at radius 2 is 2.44 bits per heavy atom. The summed E-state index contributed by atoms with van der Waals surface area (Å²) in [6, 6.07) is 4.21. The number of aromatic nitrogens is 2. The second-order valence-electron chi connectivity index (χ2n) is 3.64. The van der Waals surface area contributed by atoms with Gasteiger partial charge in [-0.1, -0.05) is 0 Å². The van der Waals surface area contributed by atoms with Gasteiger partial charge in [-0.05, 0) is 28.1 Å². The van der Waals surface area contributed by atoms with E-state index < -0.39 is 0 Å². The second-order valence-corrected chi connectivity index (χ2v) is 5.55. The molecule has 0 radical (unpaired) electrons. The zero-order valence-corrected chi connectivity index (χ0v) is 11.5. The SMILES string of the molecule is Cn1ccc(CCNCc2cc(Br)cs2)n1. The highest BCUT2D eigenvalue weighted by Crippen LogP contribution is 2.19. The first-order chi connectivity index (χ1) is 7.74. The first kappa shape index (κ1) is 11.8. The quantitative estimate of drug-likeness (QED) is 0.860. The number of thiophene rings is 1. The van der Waals surface area contributed by atoms with Gasteiger partial charge in [0.1, 0.15) is 0 Å². The Morgan fingerprint density at radius 1 is 1.56 bits per heavy atom. The van der Waals surface area contributed by atoms with Crippen LogP contribution >= 0.6 is 27.3 Å². The molecule has 86 valence electrons. The molecule has 0 saturated heterocycles. The van der Waals surface area contributed by atoms with Gasteiger partial charge in [-0.3, -0.25) is 4.68 Å². The summed E-state index contributed by atoms with van der Waals surface area (Å²) < 4.78 is 3.00. The molecule has 0 unspecified atom stereocenters. The molecule has 0 atom stereocenters. The zero-order chi connectivity index (χ0) is 11.4. The lowest BCUT2D eigenvalue weighted by molar-refractivity contribution is 0.670. The third-order valence-corrected chi connectivity index (χ3v) is 3.95. The van der Waals surface area contributed by atoms with Crippen molar-refractivity contribution in [1.82, 2.24) is 15.1 Å². The monoisotopic (exact) mass is 299 g/mol. The van der Waals surface area contributed by atoms with E-state index in [0.29, 0.717) is 0 Å². The molecule has 0 aliphatic carbocycles. The topological polar surface area (TPSA) is 29.9 Å². The Hall–Kier alpha value is -0.650. The lowest BCUT2D eigenvalue weighted by Crippen LogP contribution is -2.16. The lowest BCUT2D eigenvalue weighted by Gasteiger charge is -2.00. The van der Waals surface area contributed by atoms with Crippen LogP contribution in [0.2, 0.25) is 0 Å². The van der Waals surface area contributed by atoms with E-state index in [-0.39, 0.29) is 0 Å². The van der Waals surface area contributed by atoms with Crippen LogP contribution in [0.3, 0.4) is 0 Å². The van der Waals surface area contributed by atoms with Crippen molar-refractivity contribution in [2.75, 3.05) is 6.54 Å². The molecule has 0 fully saturated rings. The maximum absolute atomic E-state index is 4.33. The predicted molar refractivity (Wildman–Crippen MR) is 70.6 cm³/mol. The highest BCUT2D eigenvalue weighted by molar-refractivity contribution is 9.10. The number of halogens is 1. The summed E-state index contributed by atoms with van der Waals surface area (Å²) >= 11 is 5.22. The molecule has 0 spiro atoms. The second kappa shape index (κ2) is 5.61. The Morgan fingerprint density at radius 3 is 3.06 bits per heavy atom. The van der Waals surface area contributed by atoms with E-state index in [9.17, 15) is 0 Å². The van der Waals surface area contributed by atoms with Crippen LogP contribution in [0, 0.1) is 0 Å². The lowest BCUT2D eigenvalue weighted by atomic mass is 10.3. The number of nitrogens with one attached hydrogen (secondary N) is 1. The zero-order valence-electron chi connectivity index (χ0n) is 9.11. The van der Waals surface area contributed by atoms with Crippen molar-refractivity contribution in [3.8, 4) is 0 Å². The first-order valence-corrected chi connectivity index (χ1v) is 6.83. The van der Waals surface area contributed by atoms with E-state index in [1.165, 1.54) is 9.35 Å².